The zero-order valence-corrected chi connectivity index (χ0v) is 20.1. The molecule has 4 rings (SSSR count). The molecule has 1 aromatic heterocycles. The topological polar surface area (TPSA) is 75.8 Å². The smallest absolute Gasteiger partial charge is 0.142 e. The molecule has 1 aliphatic heterocycles. The third-order valence-electron chi connectivity index (χ3n) is 6.31. The number of piperidine rings is 1. The van der Waals surface area contributed by atoms with Crippen molar-refractivity contribution in [2.24, 2.45) is 5.16 Å². The monoisotopic (exact) mass is 483 g/mol. The van der Waals surface area contributed by atoms with Crippen LogP contribution in [0.25, 0.3) is 0 Å². The molecular weight excluding hydrogens is 452 g/mol. The van der Waals surface area contributed by atoms with Gasteiger partial charge in [-0.1, -0.05) is 49.3 Å². The van der Waals surface area contributed by atoms with Gasteiger partial charge in [0.15, 0.2) is 0 Å². The lowest BCUT2D eigenvalue weighted by Crippen LogP contribution is -2.47. The summed E-state index contributed by atoms with van der Waals surface area (Å²) in [6, 6.07) is 11.6. The number of aliphatic hydroxyl groups is 1. The van der Waals surface area contributed by atoms with Gasteiger partial charge >= 0.3 is 0 Å². The van der Waals surface area contributed by atoms with Crippen LogP contribution < -0.4 is 0 Å². The number of likely N-dealkylation sites (tertiary alicyclic amines) is 1. The summed E-state index contributed by atoms with van der Waals surface area (Å²) in [7, 11) is 0. The Bertz CT molecular complexity index is 1130. The van der Waals surface area contributed by atoms with Gasteiger partial charge in [-0.2, -0.15) is 5.10 Å². The van der Waals surface area contributed by atoms with Gasteiger partial charge in [0.25, 0.3) is 0 Å². The van der Waals surface area contributed by atoms with E-state index in [1.165, 1.54) is 29.0 Å². The van der Waals surface area contributed by atoms with Crippen LogP contribution in [0.4, 0.5) is 8.78 Å². The molecule has 2 aromatic carbocycles. The molecule has 1 saturated heterocycles. The van der Waals surface area contributed by atoms with Crippen molar-refractivity contribution < 1.29 is 18.7 Å². The highest BCUT2D eigenvalue weighted by Gasteiger charge is 2.36. The Morgan fingerprint density at radius 2 is 1.83 bits per heavy atom. The SMILES string of the molecule is CC(C)c1ccc(CON=C2CCN(CC(O)(Cn3cncn3)c3ccc(F)cc3F)CC2)cc1. The first kappa shape index (κ1) is 24.9. The first-order valence-electron chi connectivity index (χ1n) is 11.8. The van der Waals surface area contributed by atoms with Gasteiger partial charge in [0.05, 0.1) is 12.3 Å². The quantitative estimate of drug-likeness (QED) is 0.461. The summed E-state index contributed by atoms with van der Waals surface area (Å²) < 4.78 is 29.6. The third-order valence-corrected chi connectivity index (χ3v) is 6.31. The fourth-order valence-corrected chi connectivity index (χ4v) is 4.30. The summed E-state index contributed by atoms with van der Waals surface area (Å²) in [6.45, 7) is 6.15. The number of nitrogens with zero attached hydrogens (tertiary/aromatic N) is 5. The van der Waals surface area contributed by atoms with Gasteiger partial charge in [-0.15, -0.1) is 0 Å². The second-order valence-electron chi connectivity index (χ2n) is 9.35. The Labute approximate surface area is 204 Å². The van der Waals surface area contributed by atoms with Crippen LogP contribution in [0.2, 0.25) is 0 Å². The van der Waals surface area contributed by atoms with Gasteiger partial charge in [-0.25, -0.2) is 18.4 Å². The second kappa shape index (κ2) is 11.0. The van der Waals surface area contributed by atoms with E-state index in [1.807, 2.05) is 4.90 Å². The van der Waals surface area contributed by atoms with Crippen LogP contribution in [0, 0.1) is 11.6 Å². The van der Waals surface area contributed by atoms with E-state index in [2.05, 4.69) is 53.4 Å². The van der Waals surface area contributed by atoms with Gasteiger partial charge < -0.3 is 9.94 Å². The van der Waals surface area contributed by atoms with Gasteiger partial charge in [0.1, 0.15) is 36.5 Å². The lowest BCUT2D eigenvalue weighted by molar-refractivity contribution is -0.0220. The molecule has 0 aliphatic carbocycles. The summed E-state index contributed by atoms with van der Waals surface area (Å²) in [5.74, 6) is -0.991. The van der Waals surface area contributed by atoms with Crippen LogP contribution in [0.5, 0.6) is 0 Å². The Kier molecular flexibility index (Phi) is 7.87. The molecule has 35 heavy (non-hydrogen) atoms. The lowest BCUT2D eigenvalue weighted by atomic mass is 9.91. The van der Waals surface area contributed by atoms with Gasteiger partial charge in [-0.3, -0.25) is 4.90 Å². The van der Waals surface area contributed by atoms with Crippen LogP contribution in [0.3, 0.4) is 0 Å². The third kappa shape index (κ3) is 6.49. The molecule has 2 heterocycles. The molecule has 1 atom stereocenters. The molecular formula is C26H31F2N5O2. The number of hydrogen-bond donors (Lipinski definition) is 1. The fraction of sp³-hybridized carbons (Fsp3) is 0.423. The van der Waals surface area contributed by atoms with Crippen LogP contribution >= 0.6 is 0 Å². The molecule has 1 unspecified atom stereocenters. The van der Waals surface area contributed by atoms with E-state index < -0.39 is 17.2 Å². The molecule has 7 nitrogen and oxygen atoms in total. The molecule has 0 spiro atoms. The maximum absolute atomic E-state index is 14.6. The van der Waals surface area contributed by atoms with Crippen molar-refractivity contribution >= 4 is 5.71 Å². The molecule has 0 saturated carbocycles. The summed E-state index contributed by atoms with van der Waals surface area (Å²) in [6.07, 6.45) is 4.17. The molecule has 1 fully saturated rings. The predicted molar refractivity (Wildman–Crippen MR) is 129 cm³/mol. The Hall–Kier alpha value is -3.17. The maximum atomic E-state index is 14.6. The minimum absolute atomic E-state index is 0.00823. The number of halogens is 2. The standard InChI is InChI=1S/C26H31F2N5O2/c1-19(2)21-5-3-20(4-6-21)14-35-31-23-9-11-32(12-10-23)15-26(34,16-33-18-29-17-30-33)24-8-7-22(27)13-25(24)28/h3-8,13,17-19,34H,9-12,14-16H2,1-2H3. The molecule has 186 valence electrons. The highest BCUT2D eigenvalue weighted by atomic mass is 19.1. The van der Waals surface area contributed by atoms with Gasteiger partial charge in [0.2, 0.25) is 0 Å². The molecule has 0 amide bonds. The highest BCUT2D eigenvalue weighted by molar-refractivity contribution is 5.84. The number of rotatable bonds is 9. The Balaban J connectivity index is 1.36. The molecule has 0 radical (unpaired) electrons. The lowest BCUT2D eigenvalue weighted by Gasteiger charge is -2.36. The second-order valence-corrected chi connectivity index (χ2v) is 9.35. The fourth-order valence-electron chi connectivity index (χ4n) is 4.30. The van der Waals surface area contributed by atoms with E-state index in [0.29, 0.717) is 38.5 Å². The van der Waals surface area contributed by atoms with Crippen molar-refractivity contribution in [2.75, 3.05) is 19.6 Å². The van der Waals surface area contributed by atoms with E-state index in [-0.39, 0.29) is 18.7 Å². The zero-order chi connectivity index (χ0) is 24.8. The average molecular weight is 484 g/mol. The minimum Gasteiger partial charge on any atom is -0.391 e. The normalized spacial score (nSPS) is 16.3. The van der Waals surface area contributed by atoms with Gasteiger partial charge in [-0.05, 0) is 23.1 Å². The predicted octanol–water partition coefficient (Wildman–Crippen LogP) is 4.24. The van der Waals surface area contributed by atoms with Crippen LogP contribution in [0.1, 0.15) is 49.3 Å². The molecule has 0 bridgehead atoms. The summed E-state index contributed by atoms with van der Waals surface area (Å²) in [5, 5.41) is 19.9. The van der Waals surface area contributed by atoms with Crippen LogP contribution in [-0.4, -0.2) is 50.1 Å². The van der Waals surface area contributed by atoms with E-state index in [4.69, 9.17) is 4.84 Å². The molecule has 1 aliphatic rings. The van der Waals surface area contributed by atoms with Crippen molar-refractivity contribution in [3.63, 3.8) is 0 Å². The number of β-amino-alcohol motifs (C(OH)–C–C–N with tert-alkyl or cyclic N) is 1. The van der Waals surface area contributed by atoms with E-state index in [1.54, 1.807) is 0 Å². The van der Waals surface area contributed by atoms with E-state index in [0.717, 1.165) is 23.4 Å². The summed E-state index contributed by atoms with van der Waals surface area (Å²) in [4.78, 5) is 11.5. The van der Waals surface area contributed by atoms with E-state index >= 15 is 0 Å². The highest BCUT2D eigenvalue weighted by Crippen LogP contribution is 2.28. The van der Waals surface area contributed by atoms with Gasteiger partial charge in [0, 0.05) is 44.1 Å². The van der Waals surface area contributed by atoms with Crippen molar-refractivity contribution in [3.8, 4) is 0 Å². The molecule has 9 heteroatoms. The van der Waals surface area contributed by atoms with Crippen molar-refractivity contribution in [1.82, 2.24) is 19.7 Å². The first-order valence-corrected chi connectivity index (χ1v) is 11.8. The zero-order valence-electron chi connectivity index (χ0n) is 20.1. The van der Waals surface area contributed by atoms with Crippen LogP contribution in [-0.2, 0) is 23.6 Å². The Morgan fingerprint density at radius 1 is 1.09 bits per heavy atom. The largest absolute Gasteiger partial charge is 0.391 e. The van der Waals surface area contributed by atoms with E-state index in [9.17, 15) is 13.9 Å². The number of aromatic nitrogens is 3. The van der Waals surface area contributed by atoms with Crippen molar-refractivity contribution in [2.45, 2.75) is 51.4 Å². The first-order chi connectivity index (χ1) is 16.8. The molecule has 1 N–H and O–H groups in total. The maximum Gasteiger partial charge on any atom is 0.142 e. The number of benzene rings is 2. The van der Waals surface area contributed by atoms with Crippen molar-refractivity contribution in [1.29, 1.82) is 0 Å². The molecule has 3 aromatic rings. The number of hydrogen-bond acceptors (Lipinski definition) is 6. The average Bonchev–Trinajstić information content (AvgIpc) is 3.33. The summed E-state index contributed by atoms with van der Waals surface area (Å²) in [5.41, 5.74) is 1.72. The number of oxime groups is 1. The van der Waals surface area contributed by atoms with Crippen LogP contribution in [0.15, 0.2) is 60.3 Å². The minimum atomic E-state index is -1.61. The Morgan fingerprint density at radius 3 is 2.46 bits per heavy atom. The van der Waals surface area contributed by atoms with Crippen molar-refractivity contribution in [3.05, 3.63) is 83.4 Å². The summed E-state index contributed by atoms with van der Waals surface area (Å²) >= 11 is 0.